The molecule has 1 aromatic carbocycles. The van der Waals surface area contributed by atoms with Gasteiger partial charge >= 0.3 is 6.18 Å². The lowest BCUT2D eigenvalue weighted by Crippen LogP contribution is -2.41. The summed E-state index contributed by atoms with van der Waals surface area (Å²) >= 11 is 0. The van der Waals surface area contributed by atoms with E-state index in [2.05, 4.69) is 0 Å². The van der Waals surface area contributed by atoms with E-state index in [0.717, 1.165) is 37.8 Å². The van der Waals surface area contributed by atoms with Gasteiger partial charge < -0.3 is 19.5 Å². The second-order valence-corrected chi connectivity index (χ2v) is 8.71. The van der Waals surface area contributed by atoms with Gasteiger partial charge in [-0.1, -0.05) is 31.4 Å². The summed E-state index contributed by atoms with van der Waals surface area (Å²) in [5, 5.41) is 9.37. The zero-order valence-corrected chi connectivity index (χ0v) is 19.2. The summed E-state index contributed by atoms with van der Waals surface area (Å²) in [4.78, 5) is 15.2. The molecule has 0 unspecified atom stereocenters. The van der Waals surface area contributed by atoms with Crippen molar-refractivity contribution in [2.45, 2.75) is 70.3 Å². The molecule has 3 atom stereocenters. The molecule has 1 saturated heterocycles. The van der Waals surface area contributed by atoms with Crippen LogP contribution in [0.5, 0.6) is 0 Å². The minimum atomic E-state index is -4.42. The number of rotatable bonds is 7. The van der Waals surface area contributed by atoms with Crippen molar-refractivity contribution in [2.75, 3.05) is 26.3 Å². The topological polar surface area (TPSA) is 59.0 Å². The van der Waals surface area contributed by atoms with E-state index in [0.29, 0.717) is 38.1 Å². The van der Waals surface area contributed by atoms with Crippen LogP contribution in [0.2, 0.25) is 0 Å². The van der Waals surface area contributed by atoms with Crippen molar-refractivity contribution in [1.82, 2.24) is 4.90 Å². The van der Waals surface area contributed by atoms with Crippen LogP contribution in [0, 0.1) is 5.92 Å². The number of halogens is 3. The Hall–Kier alpha value is -2.06. The maximum Gasteiger partial charge on any atom is 0.416 e. The van der Waals surface area contributed by atoms with E-state index in [4.69, 9.17) is 9.47 Å². The quantitative estimate of drug-likeness (QED) is 0.593. The lowest BCUT2D eigenvalue weighted by molar-refractivity contribution is -0.170. The van der Waals surface area contributed by atoms with Gasteiger partial charge in [0, 0.05) is 38.1 Å². The Morgan fingerprint density at radius 2 is 1.76 bits per heavy atom. The summed E-state index contributed by atoms with van der Waals surface area (Å²) in [6.45, 7) is 3.51. The number of carbonyl (C=O) groups is 1. The van der Waals surface area contributed by atoms with Gasteiger partial charge in [-0.25, -0.2) is 0 Å². The van der Waals surface area contributed by atoms with Crippen molar-refractivity contribution in [2.24, 2.45) is 5.92 Å². The van der Waals surface area contributed by atoms with Gasteiger partial charge in [0.1, 0.15) is 0 Å². The number of likely N-dealkylation sites (tertiary alicyclic amines) is 1. The van der Waals surface area contributed by atoms with Crippen molar-refractivity contribution < 1.29 is 32.5 Å². The van der Waals surface area contributed by atoms with Crippen LogP contribution >= 0.6 is 0 Å². The van der Waals surface area contributed by atoms with E-state index < -0.39 is 18.0 Å². The molecule has 2 aliphatic heterocycles. The molecule has 0 radical (unpaired) electrons. The van der Waals surface area contributed by atoms with Gasteiger partial charge in [0.25, 0.3) is 5.91 Å². The Labute approximate surface area is 193 Å². The van der Waals surface area contributed by atoms with Crippen molar-refractivity contribution in [3.8, 4) is 0 Å². The number of nitrogens with zero attached hydrogens (tertiary/aromatic N) is 1. The maximum atomic E-state index is 13.3. The Morgan fingerprint density at radius 3 is 2.33 bits per heavy atom. The third-order valence-corrected chi connectivity index (χ3v) is 6.39. The second kappa shape index (κ2) is 11.9. The SMILES string of the molecule is CCO[C@@H]1OC(C(=O)N2CCCCCCC2)=C[C@H](c2ccc(C(F)(F)F)cc2)[C@@H]1CCCO. The number of hydrogen-bond donors (Lipinski definition) is 1. The molecule has 5 nitrogen and oxygen atoms in total. The monoisotopic (exact) mass is 469 g/mol. The predicted octanol–water partition coefficient (Wildman–Crippen LogP) is 5.25. The normalized spacial score (nSPS) is 24.5. The Morgan fingerprint density at radius 1 is 1.12 bits per heavy atom. The number of allylic oxidation sites excluding steroid dienone is 1. The Bertz CT molecular complexity index is 786. The van der Waals surface area contributed by atoms with Gasteiger partial charge in [0.05, 0.1) is 5.56 Å². The van der Waals surface area contributed by atoms with E-state index in [1.165, 1.54) is 18.6 Å². The summed E-state index contributed by atoms with van der Waals surface area (Å²) in [6.07, 6.45) is 2.88. The van der Waals surface area contributed by atoms with Gasteiger partial charge in [-0.05, 0) is 56.4 Å². The smallest absolute Gasteiger partial charge is 0.416 e. The van der Waals surface area contributed by atoms with Crippen LogP contribution < -0.4 is 0 Å². The molecular weight excluding hydrogens is 435 g/mol. The van der Waals surface area contributed by atoms with E-state index in [1.807, 2.05) is 11.8 Å². The summed E-state index contributed by atoms with van der Waals surface area (Å²) < 4.78 is 51.1. The fourth-order valence-corrected chi connectivity index (χ4v) is 4.64. The summed E-state index contributed by atoms with van der Waals surface area (Å²) in [5.74, 6) is -0.603. The Balaban J connectivity index is 1.93. The van der Waals surface area contributed by atoms with Crippen molar-refractivity contribution >= 4 is 5.91 Å². The predicted molar refractivity (Wildman–Crippen MR) is 118 cm³/mol. The van der Waals surface area contributed by atoms with Crippen LogP contribution in [0.1, 0.15) is 68.9 Å². The van der Waals surface area contributed by atoms with Gasteiger partial charge in [0.2, 0.25) is 6.29 Å². The molecule has 2 heterocycles. The second-order valence-electron chi connectivity index (χ2n) is 8.71. The molecule has 33 heavy (non-hydrogen) atoms. The average molecular weight is 470 g/mol. The highest BCUT2D eigenvalue weighted by molar-refractivity contribution is 5.91. The summed E-state index contributed by atoms with van der Waals surface area (Å²) in [5.41, 5.74) is -0.0515. The molecule has 1 fully saturated rings. The fraction of sp³-hybridized carbons (Fsp3) is 0.640. The minimum absolute atomic E-state index is 0.0155. The van der Waals surface area contributed by atoms with E-state index in [9.17, 15) is 23.1 Å². The third kappa shape index (κ3) is 6.73. The van der Waals surface area contributed by atoms with Crippen LogP contribution in [-0.4, -0.2) is 48.5 Å². The van der Waals surface area contributed by atoms with Crippen LogP contribution in [0.25, 0.3) is 0 Å². The summed E-state index contributed by atoms with van der Waals surface area (Å²) in [7, 11) is 0. The first-order chi connectivity index (χ1) is 15.8. The minimum Gasteiger partial charge on any atom is -0.459 e. The zero-order valence-electron chi connectivity index (χ0n) is 19.2. The zero-order chi connectivity index (χ0) is 23.8. The van der Waals surface area contributed by atoms with Crippen LogP contribution in [0.3, 0.4) is 0 Å². The highest BCUT2D eigenvalue weighted by Gasteiger charge is 2.39. The van der Waals surface area contributed by atoms with Gasteiger partial charge in [0.15, 0.2) is 5.76 Å². The number of alkyl halides is 3. The van der Waals surface area contributed by atoms with Crippen LogP contribution in [0.4, 0.5) is 13.2 Å². The number of carbonyl (C=O) groups excluding carboxylic acids is 1. The van der Waals surface area contributed by atoms with E-state index in [-0.39, 0.29) is 30.1 Å². The molecule has 8 heteroatoms. The van der Waals surface area contributed by atoms with E-state index in [1.54, 1.807) is 6.08 Å². The lowest BCUT2D eigenvalue weighted by Gasteiger charge is -2.38. The van der Waals surface area contributed by atoms with Crippen LogP contribution in [0.15, 0.2) is 36.1 Å². The average Bonchev–Trinajstić information content (AvgIpc) is 2.77. The Kier molecular flexibility index (Phi) is 9.20. The standard InChI is InChI=1S/C25H34F3NO4/c1-2-32-24-20(9-8-16-30)21(18-10-12-19(13-11-18)25(26,27)28)17-22(33-24)23(31)29-14-6-4-3-5-7-15-29/h10-13,17,20-21,24,30H,2-9,14-16H2,1H3/t20-,21+,24+/m0/s1. The summed E-state index contributed by atoms with van der Waals surface area (Å²) in [6, 6.07) is 5.05. The molecule has 0 bridgehead atoms. The highest BCUT2D eigenvalue weighted by Crippen LogP contribution is 2.40. The van der Waals surface area contributed by atoms with Crippen molar-refractivity contribution in [3.05, 3.63) is 47.2 Å². The number of amides is 1. The molecule has 1 N–H and O–H groups in total. The molecule has 3 rings (SSSR count). The van der Waals surface area contributed by atoms with Crippen molar-refractivity contribution in [1.29, 1.82) is 0 Å². The molecule has 0 aliphatic carbocycles. The third-order valence-electron chi connectivity index (χ3n) is 6.39. The molecule has 2 aliphatic rings. The van der Waals surface area contributed by atoms with Gasteiger partial charge in [-0.3, -0.25) is 4.79 Å². The number of aliphatic hydroxyl groups is 1. The first-order valence-corrected chi connectivity index (χ1v) is 11.9. The van der Waals surface area contributed by atoms with Gasteiger partial charge in [-0.15, -0.1) is 0 Å². The van der Waals surface area contributed by atoms with Crippen LogP contribution in [-0.2, 0) is 20.4 Å². The number of ether oxygens (including phenoxy) is 2. The largest absolute Gasteiger partial charge is 0.459 e. The van der Waals surface area contributed by atoms with Crippen molar-refractivity contribution in [3.63, 3.8) is 0 Å². The first kappa shape index (κ1) is 25.6. The maximum absolute atomic E-state index is 13.3. The molecular formula is C25H34F3NO4. The molecule has 0 spiro atoms. The lowest BCUT2D eigenvalue weighted by atomic mass is 9.80. The number of hydrogen-bond acceptors (Lipinski definition) is 4. The molecule has 0 aromatic heterocycles. The number of aliphatic hydroxyl groups excluding tert-OH is 1. The molecule has 0 saturated carbocycles. The van der Waals surface area contributed by atoms with E-state index >= 15 is 0 Å². The fourth-order valence-electron chi connectivity index (χ4n) is 4.64. The molecule has 184 valence electrons. The first-order valence-electron chi connectivity index (χ1n) is 11.9. The highest BCUT2D eigenvalue weighted by atomic mass is 19.4. The molecule has 1 amide bonds. The number of benzene rings is 1. The molecule has 1 aromatic rings. The van der Waals surface area contributed by atoms with Gasteiger partial charge in [-0.2, -0.15) is 13.2 Å².